The van der Waals surface area contributed by atoms with Crippen LogP contribution >= 0.6 is 0 Å². The number of amides is 1. The van der Waals surface area contributed by atoms with Crippen molar-refractivity contribution in [3.63, 3.8) is 0 Å². The van der Waals surface area contributed by atoms with Gasteiger partial charge in [-0.15, -0.1) is 0 Å². The van der Waals surface area contributed by atoms with Gasteiger partial charge in [-0.1, -0.05) is 54.6 Å². The van der Waals surface area contributed by atoms with Crippen LogP contribution in [0.25, 0.3) is 0 Å². The van der Waals surface area contributed by atoms with Crippen molar-refractivity contribution < 1.29 is 13.7 Å². The minimum Gasteiger partial charge on any atom is -0.444 e. The molecule has 144 valence electrons. The molecule has 27 heavy (non-hydrogen) atoms. The first-order valence-corrected chi connectivity index (χ1v) is 10.3. The van der Waals surface area contributed by atoms with Gasteiger partial charge >= 0.3 is 6.09 Å². The first-order valence-electron chi connectivity index (χ1n) is 8.71. The zero-order valence-corrected chi connectivity index (χ0v) is 16.7. The van der Waals surface area contributed by atoms with E-state index in [1.807, 2.05) is 36.4 Å². The van der Waals surface area contributed by atoms with Gasteiger partial charge in [-0.2, -0.15) is 0 Å². The van der Waals surface area contributed by atoms with E-state index >= 15 is 0 Å². The Hall–Kier alpha value is -2.60. The molecule has 2 aromatic rings. The van der Waals surface area contributed by atoms with Crippen LogP contribution in [0.15, 0.2) is 77.0 Å². The molecule has 5 nitrogen and oxygen atoms in total. The summed E-state index contributed by atoms with van der Waals surface area (Å²) in [6, 6.07) is 17.8. The number of alkyl carbamates (subject to hydrolysis) is 1. The third-order valence-electron chi connectivity index (χ3n) is 3.60. The van der Waals surface area contributed by atoms with E-state index in [1.54, 1.807) is 51.1 Å². The summed E-state index contributed by atoms with van der Waals surface area (Å²) in [5.74, 6) is 0. The van der Waals surface area contributed by atoms with E-state index in [0.29, 0.717) is 11.3 Å². The molecule has 0 heterocycles. The van der Waals surface area contributed by atoms with Crippen LogP contribution in [0.5, 0.6) is 0 Å². The molecule has 0 spiro atoms. The number of benzene rings is 2. The van der Waals surface area contributed by atoms with Crippen molar-refractivity contribution in [2.45, 2.75) is 43.7 Å². The molecule has 2 N–H and O–H groups in total. The number of nitrogens with one attached hydrogen (secondary N) is 2. The van der Waals surface area contributed by atoms with Gasteiger partial charge in [-0.25, -0.2) is 13.8 Å². The van der Waals surface area contributed by atoms with E-state index in [0.717, 1.165) is 5.56 Å². The highest BCUT2D eigenvalue weighted by Crippen LogP contribution is 2.14. The first-order chi connectivity index (χ1) is 12.7. The lowest BCUT2D eigenvalue weighted by atomic mass is 10.1. The van der Waals surface area contributed by atoms with Gasteiger partial charge in [0, 0.05) is 5.41 Å². The van der Waals surface area contributed by atoms with Crippen LogP contribution < -0.4 is 5.32 Å². The van der Waals surface area contributed by atoms with Gasteiger partial charge in [0.2, 0.25) is 0 Å². The van der Waals surface area contributed by atoms with Crippen molar-refractivity contribution in [2.75, 3.05) is 0 Å². The molecule has 1 amide bonds. The highest BCUT2D eigenvalue weighted by atomic mass is 32.2. The topological polar surface area (TPSA) is 79.2 Å². The van der Waals surface area contributed by atoms with Crippen molar-refractivity contribution in [2.24, 2.45) is 0 Å². The molecule has 2 atom stereocenters. The van der Waals surface area contributed by atoms with Gasteiger partial charge < -0.3 is 10.1 Å². The zero-order chi connectivity index (χ0) is 19.9. The molecule has 0 aliphatic carbocycles. The Morgan fingerprint density at radius 2 is 1.67 bits per heavy atom. The van der Waals surface area contributed by atoms with Crippen molar-refractivity contribution in [1.29, 1.82) is 4.78 Å². The fraction of sp³-hybridized carbons (Fsp3) is 0.286. The summed E-state index contributed by atoms with van der Waals surface area (Å²) in [5, 5.41) is 4.14. The standard InChI is InChI=1S/C21H26N2O3S/c1-21(2,3)26-20(24)23-18(16-17-10-6-4-7-11-17)14-15-27(22,25)19-12-8-5-9-13-19/h4-15,18,22H,16H2,1-3H3,(H,23,24)/b15-14+. The minimum absolute atomic E-state index is 0.428. The van der Waals surface area contributed by atoms with E-state index < -0.39 is 27.5 Å². The predicted octanol–water partition coefficient (Wildman–Crippen LogP) is 4.74. The molecule has 0 saturated heterocycles. The van der Waals surface area contributed by atoms with Crippen LogP contribution in [-0.2, 0) is 20.9 Å². The Labute approximate surface area is 161 Å². The summed E-state index contributed by atoms with van der Waals surface area (Å²) in [4.78, 5) is 12.6. The van der Waals surface area contributed by atoms with E-state index in [4.69, 9.17) is 9.52 Å². The van der Waals surface area contributed by atoms with Gasteiger partial charge in [0.05, 0.1) is 20.7 Å². The average molecular weight is 387 g/mol. The maximum atomic E-state index is 12.7. The summed E-state index contributed by atoms with van der Waals surface area (Å²) in [6.45, 7) is 5.38. The maximum absolute atomic E-state index is 12.7. The molecule has 0 fully saturated rings. The van der Waals surface area contributed by atoms with Crippen LogP contribution in [0.3, 0.4) is 0 Å². The second-order valence-corrected chi connectivity index (χ2v) is 9.13. The Balaban J connectivity index is 2.19. The molecule has 0 aliphatic rings. The van der Waals surface area contributed by atoms with E-state index in [2.05, 4.69) is 5.32 Å². The summed E-state index contributed by atoms with van der Waals surface area (Å²) in [7, 11) is -3.09. The van der Waals surface area contributed by atoms with Gasteiger partial charge in [-0.3, -0.25) is 0 Å². The average Bonchev–Trinajstić information content (AvgIpc) is 2.60. The summed E-state index contributed by atoms with van der Waals surface area (Å²) < 4.78 is 26.2. The molecule has 0 radical (unpaired) electrons. The fourth-order valence-electron chi connectivity index (χ4n) is 2.40. The first kappa shape index (κ1) is 20.7. The predicted molar refractivity (Wildman–Crippen MR) is 108 cm³/mol. The smallest absolute Gasteiger partial charge is 0.408 e. The molecule has 0 aliphatic heterocycles. The quantitative estimate of drug-likeness (QED) is 0.752. The molecular weight excluding hydrogens is 360 g/mol. The van der Waals surface area contributed by atoms with Crippen LogP contribution in [0.2, 0.25) is 0 Å². The second kappa shape index (κ2) is 8.86. The molecule has 0 bridgehead atoms. The van der Waals surface area contributed by atoms with Crippen LogP contribution in [0, 0.1) is 4.78 Å². The SMILES string of the molecule is CC(C)(C)OC(=O)NC(/C=C/S(=N)(=O)c1ccccc1)Cc1ccccc1. The van der Waals surface area contributed by atoms with Crippen molar-refractivity contribution in [1.82, 2.24) is 5.32 Å². The van der Waals surface area contributed by atoms with E-state index in [1.165, 1.54) is 5.41 Å². The Kier molecular flexibility index (Phi) is 6.80. The lowest BCUT2D eigenvalue weighted by Crippen LogP contribution is -2.39. The molecule has 2 unspecified atom stereocenters. The number of rotatable bonds is 6. The van der Waals surface area contributed by atoms with Crippen molar-refractivity contribution in [3.05, 3.63) is 77.7 Å². The normalized spacial score (nSPS) is 15.1. The molecule has 0 aromatic heterocycles. The van der Waals surface area contributed by atoms with Gasteiger partial charge in [-0.05, 0) is 44.9 Å². The largest absolute Gasteiger partial charge is 0.444 e. The molecule has 2 aromatic carbocycles. The second-order valence-electron chi connectivity index (χ2n) is 7.18. The number of hydrogen-bond acceptors (Lipinski definition) is 4. The Bertz CT molecular complexity index is 871. The summed E-state index contributed by atoms with van der Waals surface area (Å²) >= 11 is 0. The number of carbonyl (C=O) groups excluding carboxylic acids is 1. The monoisotopic (exact) mass is 386 g/mol. The number of ether oxygens (including phenoxy) is 1. The van der Waals surface area contributed by atoms with E-state index in [9.17, 15) is 9.00 Å². The lowest BCUT2D eigenvalue weighted by molar-refractivity contribution is 0.0514. The Morgan fingerprint density at radius 1 is 1.11 bits per heavy atom. The van der Waals surface area contributed by atoms with Crippen molar-refractivity contribution >= 4 is 15.8 Å². The minimum atomic E-state index is -3.09. The van der Waals surface area contributed by atoms with E-state index in [-0.39, 0.29) is 0 Å². The number of carbonyl (C=O) groups is 1. The molecule has 2 rings (SSSR count). The number of hydrogen-bond donors (Lipinski definition) is 2. The van der Waals surface area contributed by atoms with Gasteiger partial charge in [0.15, 0.2) is 0 Å². The third-order valence-corrected chi connectivity index (χ3v) is 5.11. The summed E-state index contributed by atoms with van der Waals surface area (Å²) in [6.07, 6.45) is 1.56. The third kappa shape index (κ3) is 7.27. The highest BCUT2D eigenvalue weighted by molar-refractivity contribution is 7.95. The molecule has 6 heteroatoms. The van der Waals surface area contributed by atoms with Gasteiger partial charge in [0.25, 0.3) is 0 Å². The lowest BCUT2D eigenvalue weighted by Gasteiger charge is -2.22. The Morgan fingerprint density at radius 3 is 2.22 bits per heavy atom. The highest BCUT2D eigenvalue weighted by Gasteiger charge is 2.19. The molecular formula is C21H26N2O3S. The maximum Gasteiger partial charge on any atom is 0.408 e. The molecule has 0 saturated carbocycles. The van der Waals surface area contributed by atoms with Crippen LogP contribution in [0.4, 0.5) is 4.79 Å². The fourth-order valence-corrected chi connectivity index (χ4v) is 3.53. The summed E-state index contributed by atoms with van der Waals surface area (Å²) in [5.41, 5.74) is 0.400. The zero-order valence-electron chi connectivity index (χ0n) is 15.8. The van der Waals surface area contributed by atoms with Gasteiger partial charge in [0.1, 0.15) is 5.60 Å². The van der Waals surface area contributed by atoms with Crippen LogP contribution in [-0.4, -0.2) is 21.9 Å². The van der Waals surface area contributed by atoms with Crippen LogP contribution in [0.1, 0.15) is 26.3 Å². The van der Waals surface area contributed by atoms with Crippen molar-refractivity contribution in [3.8, 4) is 0 Å².